The minimum absolute atomic E-state index is 0.855. The summed E-state index contributed by atoms with van der Waals surface area (Å²) in [6, 6.07) is 17.5. The molecule has 2 aromatic carbocycles. The third-order valence-corrected chi connectivity index (χ3v) is 2.89. The summed E-state index contributed by atoms with van der Waals surface area (Å²) < 4.78 is 0. The number of hydrogen-bond donors (Lipinski definition) is 1. The summed E-state index contributed by atoms with van der Waals surface area (Å²) in [6.07, 6.45) is 0. The molecule has 0 aromatic heterocycles. The van der Waals surface area contributed by atoms with Crippen LogP contribution < -0.4 is 0 Å². The van der Waals surface area contributed by atoms with Gasteiger partial charge in [-0.15, -0.1) is 0 Å². The van der Waals surface area contributed by atoms with Crippen LogP contribution in [0.1, 0.15) is 23.6 Å². The van der Waals surface area contributed by atoms with E-state index in [0.29, 0.717) is 0 Å². The van der Waals surface area contributed by atoms with Gasteiger partial charge in [0, 0.05) is 5.56 Å². The van der Waals surface area contributed by atoms with Crippen molar-refractivity contribution in [3.63, 3.8) is 0 Å². The van der Waals surface area contributed by atoms with Crippen LogP contribution in [-0.4, -0.2) is 5.11 Å². The summed E-state index contributed by atoms with van der Waals surface area (Å²) in [7, 11) is 0. The molecule has 0 aliphatic carbocycles. The fraction of sp³-hybridized carbons (Fsp3) is 0.176. The van der Waals surface area contributed by atoms with Gasteiger partial charge >= 0.3 is 0 Å². The van der Waals surface area contributed by atoms with E-state index >= 15 is 0 Å². The molecule has 0 saturated carbocycles. The van der Waals surface area contributed by atoms with Crippen molar-refractivity contribution in [2.75, 3.05) is 0 Å². The summed E-state index contributed by atoms with van der Waals surface area (Å²) in [6.45, 7) is 3.71. The van der Waals surface area contributed by atoms with Gasteiger partial charge in [0.05, 0.1) is 0 Å². The van der Waals surface area contributed by atoms with Crippen LogP contribution in [0.5, 0.6) is 0 Å². The SMILES string of the molecule is Cc1ccccc1C(C)(O)C#Cc1ccccc1. The van der Waals surface area contributed by atoms with Gasteiger partial charge in [0.1, 0.15) is 5.60 Å². The summed E-state index contributed by atoms with van der Waals surface area (Å²) in [5.74, 6) is 5.95. The molecule has 18 heavy (non-hydrogen) atoms. The van der Waals surface area contributed by atoms with Crippen LogP contribution in [-0.2, 0) is 5.60 Å². The van der Waals surface area contributed by atoms with E-state index in [1.807, 2.05) is 61.5 Å². The van der Waals surface area contributed by atoms with Crippen LogP contribution in [0.3, 0.4) is 0 Å². The van der Waals surface area contributed by atoms with Crippen molar-refractivity contribution in [2.24, 2.45) is 0 Å². The molecule has 1 heteroatoms. The van der Waals surface area contributed by atoms with Crippen molar-refractivity contribution >= 4 is 0 Å². The van der Waals surface area contributed by atoms with Crippen LogP contribution in [0.15, 0.2) is 54.6 Å². The standard InChI is InChI=1S/C17H16O/c1-14-8-6-7-11-16(14)17(2,18)13-12-15-9-4-3-5-10-15/h3-11,18H,1-2H3. The van der Waals surface area contributed by atoms with E-state index in [1.54, 1.807) is 6.92 Å². The molecule has 1 N–H and O–H groups in total. The maximum Gasteiger partial charge on any atom is 0.148 e. The summed E-state index contributed by atoms with van der Waals surface area (Å²) in [5.41, 5.74) is 1.69. The van der Waals surface area contributed by atoms with Crippen LogP contribution in [0.4, 0.5) is 0 Å². The van der Waals surface area contributed by atoms with Gasteiger partial charge in [0.15, 0.2) is 0 Å². The van der Waals surface area contributed by atoms with Crippen LogP contribution in [0, 0.1) is 18.8 Å². The maximum absolute atomic E-state index is 10.5. The lowest BCUT2D eigenvalue weighted by Crippen LogP contribution is -2.19. The Kier molecular flexibility index (Phi) is 3.50. The lowest BCUT2D eigenvalue weighted by molar-refractivity contribution is 0.121. The zero-order valence-corrected chi connectivity index (χ0v) is 10.6. The zero-order chi connectivity index (χ0) is 13.0. The third kappa shape index (κ3) is 2.80. The molecule has 0 fully saturated rings. The molecule has 2 aromatic rings. The Labute approximate surface area is 108 Å². The topological polar surface area (TPSA) is 20.2 Å². The van der Waals surface area contributed by atoms with Crippen molar-refractivity contribution in [2.45, 2.75) is 19.4 Å². The Bertz CT molecular complexity index is 586. The van der Waals surface area contributed by atoms with Crippen molar-refractivity contribution in [3.8, 4) is 11.8 Å². The molecule has 0 radical (unpaired) electrons. The number of aliphatic hydroxyl groups is 1. The van der Waals surface area contributed by atoms with Gasteiger partial charge < -0.3 is 5.11 Å². The van der Waals surface area contributed by atoms with E-state index < -0.39 is 5.60 Å². The van der Waals surface area contributed by atoms with Gasteiger partial charge in [-0.25, -0.2) is 0 Å². The van der Waals surface area contributed by atoms with E-state index in [9.17, 15) is 5.11 Å². The first-order valence-corrected chi connectivity index (χ1v) is 5.96. The fourth-order valence-corrected chi connectivity index (χ4v) is 1.90. The van der Waals surface area contributed by atoms with E-state index in [2.05, 4.69) is 11.8 Å². The highest BCUT2D eigenvalue weighted by Crippen LogP contribution is 2.23. The number of hydrogen-bond acceptors (Lipinski definition) is 1. The molecule has 0 aliphatic heterocycles. The predicted molar refractivity (Wildman–Crippen MR) is 74.1 cm³/mol. The zero-order valence-electron chi connectivity index (χ0n) is 10.6. The normalized spacial score (nSPS) is 13.3. The predicted octanol–water partition coefficient (Wildman–Crippen LogP) is 3.25. The first-order valence-electron chi connectivity index (χ1n) is 5.96. The number of rotatable bonds is 1. The molecule has 0 spiro atoms. The van der Waals surface area contributed by atoms with E-state index in [0.717, 1.165) is 16.7 Å². The summed E-state index contributed by atoms with van der Waals surface area (Å²) in [4.78, 5) is 0. The Morgan fingerprint density at radius 1 is 0.944 bits per heavy atom. The number of aryl methyl sites for hydroxylation is 1. The molecule has 0 aliphatic rings. The minimum atomic E-state index is -1.12. The highest BCUT2D eigenvalue weighted by Gasteiger charge is 2.21. The summed E-state index contributed by atoms with van der Waals surface area (Å²) >= 11 is 0. The Morgan fingerprint density at radius 2 is 1.56 bits per heavy atom. The second kappa shape index (κ2) is 5.08. The molecule has 2 rings (SSSR count). The van der Waals surface area contributed by atoms with E-state index in [1.165, 1.54) is 0 Å². The molecule has 1 unspecified atom stereocenters. The average Bonchev–Trinajstić information content (AvgIpc) is 2.38. The Balaban J connectivity index is 2.34. The van der Waals surface area contributed by atoms with Crippen LogP contribution in [0.25, 0.3) is 0 Å². The molecule has 0 saturated heterocycles. The molecular weight excluding hydrogens is 220 g/mol. The van der Waals surface area contributed by atoms with Crippen molar-refractivity contribution in [1.82, 2.24) is 0 Å². The minimum Gasteiger partial charge on any atom is -0.374 e. The second-order valence-electron chi connectivity index (χ2n) is 4.50. The maximum atomic E-state index is 10.5. The molecule has 1 nitrogen and oxygen atoms in total. The van der Waals surface area contributed by atoms with Crippen molar-refractivity contribution in [3.05, 3.63) is 71.3 Å². The second-order valence-corrected chi connectivity index (χ2v) is 4.50. The molecule has 0 bridgehead atoms. The Morgan fingerprint density at radius 3 is 2.22 bits per heavy atom. The Hall–Kier alpha value is -2.04. The molecule has 0 heterocycles. The largest absolute Gasteiger partial charge is 0.374 e. The van der Waals surface area contributed by atoms with Crippen molar-refractivity contribution in [1.29, 1.82) is 0 Å². The molecule has 90 valence electrons. The van der Waals surface area contributed by atoms with Gasteiger partial charge in [0.2, 0.25) is 0 Å². The van der Waals surface area contributed by atoms with E-state index in [-0.39, 0.29) is 0 Å². The lowest BCUT2D eigenvalue weighted by Gasteiger charge is -2.19. The summed E-state index contributed by atoms with van der Waals surface area (Å²) in [5, 5.41) is 10.5. The van der Waals surface area contributed by atoms with E-state index in [4.69, 9.17) is 0 Å². The highest BCUT2D eigenvalue weighted by atomic mass is 16.3. The van der Waals surface area contributed by atoms with Gasteiger partial charge in [-0.05, 0) is 37.1 Å². The number of benzene rings is 2. The highest BCUT2D eigenvalue weighted by molar-refractivity contribution is 5.41. The quantitative estimate of drug-likeness (QED) is 0.753. The third-order valence-electron chi connectivity index (χ3n) is 2.89. The molecule has 0 amide bonds. The van der Waals surface area contributed by atoms with Gasteiger partial charge in [-0.1, -0.05) is 54.3 Å². The van der Waals surface area contributed by atoms with Gasteiger partial charge in [0.25, 0.3) is 0 Å². The first-order chi connectivity index (χ1) is 8.59. The lowest BCUT2D eigenvalue weighted by atomic mass is 9.92. The van der Waals surface area contributed by atoms with Crippen LogP contribution >= 0.6 is 0 Å². The van der Waals surface area contributed by atoms with Gasteiger partial charge in [-0.3, -0.25) is 0 Å². The van der Waals surface area contributed by atoms with Crippen molar-refractivity contribution < 1.29 is 5.11 Å². The molecular formula is C17H16O. The van der Waals surface area contributed by atoms with Gasteiger partial charge in [-0.2, -0.15) is 0 Å². The average molecular weight is 236 g/mol. The van der Waals surface area contributed by atoms with Crippen LogP contribution in [0.2, 0.25) is 0 Å². The fourth-order valence-electron chi connectivity index (χ4n) is 1.90. The smallest absolute Gasteiger partial charge is 0.148 e. The molecule has 1 atom stereocenters. The first kappa shape index (κ1) is 12.4. The monoisotopic (exact) mass is 236 g/mol.